The van der Waals surface area contributed by atoms with E-state index in [1.165, 1.54) is 0 Å². The molecule has 10 heavy (non-hydrogen) atoms. The molecule has 0 fully saturated rings. The molecule has 0 saturated carbocycles. The van der Waals surface area contributed by atoms with Gasteiger partial charge < -0.3 is 0 Å². The van der Waals surface area contributed by atoms with Crippen LogP contribution < -0.4 is 0 Å². The predicted octanol–water partition coefficient (Wildman–Crippen LogP) is 2.09. The Kier molecular flexibility index (Phi) is 4.29. The largest absolute Gasteiger partial charge is 0.275 e. The summed E-state index contributed by atoms with van der Waals surface area (Å²) in [5.41, 5.74) is 0.924. The molecular weight excluding hydrogens is 124 g/mol. The van der Waals surface area contributed by atoms with Gasteiger partial charge >= 0.3 is 0 Å². The van der Waals surface area contributed by atoms with Crippen LogP contribution in [0.4, 0.5) is 0 Å². The normalized spacial score (nSPS) is 7.90. The first kappa shape index (κ1) is 8.95. The van der Waals surface area contributed by atoms with Gasteiger partial charge in [-0.2, -0.15) is 5.10 Å². The summed E-state index contributed by atoms with van der Waals surface area (Å²) < 4.78 is 1.75. The highest BCUT2D eigenvalue weighted by molar-refractivity contribution is 5.39. The highest BCUT2D eigenvalue weighted by Gasteiger charge is 1.85. The topological polar surface area (TPSA) is 17.8 Å². The number of aryl methyl sites for hydroxylation is 1. The van der Waals surface area contributed by atoms with Gasteiger partial charge in [0.05, 0.1) is 5.69 Å². The second-order valence-electron chi connectivity index (χ2n) is 1.62. The van der Waals surface area contributed by atoms with E-state index in [1.54, 1.807) is 10.8 Å². The van der Waals surface area contributed by atoms with Crippen molar-refractivity contribution in [3.8, 4) is 0 Å². The molecule has 0 aliphatic heterocycles. The lowest BCUT2D eigenvalue weighted by atomic mass is 10.4. The summed E-state index contributed by atoms with van der Waals surface area (Å²) in [6, 6.07) is 1.91. The van der Waals surface area contributed by atoms with E-state index in [9.17, 15) is 0 Å². The zero-order chi connectivity index (χ0) is 7.98. The molecule has 0 atom stereocenters. The Morgan fingerprint density at radius 1 is 1.60 bits per heavy atom. The van der Waals surface area contributed by atoms with Crippen LogP contribution in [-0.2, 0) is 7.05 Å². The Balaban J connectivity index is 0.000000371. The molecule has 0 aliphatic carbocycles. The Morgan fingerprint density at radius 2 is 2.20 bits per heavy atom. The Morgan fingerprint density at radius 3 is 2.40 bits per heavy atom. The fourth-order valence-electron chi connectivity index (χ4n) is 0.542. The molecule has 0 aromatic carbocycles. The first-order valence-corrected chi connectivity index (χ1v) is 3.45. The third kappa shape index (κ3) is 2.49. The highest BCUT2D eigenvalue weighted by Crippen LogP contribution is 1.92. The molecule has 0 unspecified atom stereocenters. The Hall–Kier alpha value is -1.05. The number of nitrogens with zero attached hydrogens (tertiary/aromatic N) is 2. The van der Waals surface area contributed by atoms with Crippen LogP contribution in [-0.4, -0.2) is 9.78 Å². The maximum Gasteiger partial charge on any atom is 0.0844 e. The van der Waals surface area contributed by atoms with Gasteiger partial charge in [0.15, 0.2) is 0 Å². The lowest BCUT2D eigenvalue weighted by Crippen LogP contribution is -1.86. The standard InChI is InChI=1S/C6H8N2.C2H6/c1-3-6-4-5-8(2)7-6;1-2/h3-5H,1H2,2H3;1-2H3. The van der Waals surface area contributed by atoms with Crippen LogP contribution in [0.2, 0.25) is 0 Å². The van der Waals surface area contributed by atoms with Crippen LogP contribution in [0, 0.1) is 0 Å². The summed E-state index contributed by atoms with van der Waals surface area (Å²) in [6.45, 7) is 7.57. The zero-order valence-electron chi connectivity index (χ0n) is 6.83. The van der Waals surface area contributed by atoms with Gasteiger partial charge in [-0.25, -0.2) is 0 Å². The average molecular weight is 138 g/mol. The summed E-state index contributed by atoms with van der Waals surface area (Å²) in [5, 5.41) is 4.03. The molecule has 1 rings (SSSR count). The second-order valence-corrected chi connectivity index (χ2v) is 1.62. The molecule has 0 aliphatic rings. The lowest BCUT2D eigenvalue weighted by Gasteiger charge is -1.80. The van der Waals surface area contributed by atoms with Gasteiger partial charge in [-0.1, -0.05) is 20.4 Å². The van der Waals surface area contributed by atoms with Crippen molar-refractivity contribution in [3.63, 3.8) is 0 Å². The van der Waals surface area contributed by atoms with Gasteiger partial charge in [-0.15, -0.1) is 0 Å². The first-order valence-electron chi connectivity index (χ1n) is 3.45. The molecule has 0 amide bonds. The van der Waals surface area contributed by atoms with Crippen molar-refractivity contribution in [1.82, 2.24) is 9.78 Å². The molecule has 1 aromatic rings. The molecule has 2 heteroatoms. The van der Waals surface area contributed by atoms with Crippen LogP contribution in [0.5, 0.6) is 0 Å². The molecule has 56 valence electrons. The molecule has 0 N–H and O–H groups in total. The highest BCUT2D eigenvalue weighted by atomic mass is 15.2. The van der Waals surface area contributed by atoms with Crippen LogP contribution in [0.1, 0.15) is 19.5 Å². The smallest absolute Gasteiger partial charge is 0.0844 e. The van der Waals surface area contributed by atoms with Crippen molar-refractivity contribution >= 4 is 6.08 Å². The zero-order valence-corrected chi connectivity index (χ0v) is 6.83. The van der Waals surface area contributed by atoms with Crippen molar-refractivity contribution in [1.29, 1.82) is 0 Å². The lowest BCUT2D eigenvalue weighted by molar-refractivity contribution is 0.764. The SMILES string of the molecule is C=Cc1ccn(C)n1.CC. The van der Waals surface area contributed by atoms with Crippen molar-refractivity contribution < 1.29 is 0 Å². The van der Waals surface area contributed by atoms with Crippen molar-refractivity contribution in [2.45, 2.75) is 13.8 Å². The minimum atomic E-state index is 0.924. The number of hydrogen-bond acceptors (Lipinski definition) is 1. The fraction of sp³-hybridized carbons (Fsp3) is 0.375. The van der Waals surface area contributed by atoms with Gasteiger partial charge in [0, 0.05) is 13.2 Å². The molecule has 0 bridgehead atoms. The van der Waals surface area contributed by atoms with E-state index < -0.39 is 0 Å². The van der Waals surface area contributed by atoms with Crippen LogP contribution in [0.15, 0.2) is 18.8 Å². The van der Waals surface area contributed by atoms with E-state index in [2.05, 4.69) is 11.7 Å². The number of hydrogen-bond donors (Lipinski definition) is 0. The average Bonchev–Trinajstić information content (AvgIpc) is 2.40. The monoisotopic (exact) mass is 138 g/mol. The third-order valence-electron chi connectivity index (χ3n) is 0.943. The summed E-state index contributed by atoms with van der Waals surface area (Å²) in [4.78, 5) is 0. The van der Waals surface area contributed by atoms with Gasteiger partial charge in [-0.3, -0.25) is 4.68 Å². The van der Waals surface area contributed by atoms with Crippen molar-refractivity contribution in [2.24, 2.45) is 7.05 Å². The Bertz CT molecular complexity index is 189. The summed E-state index contributed by atoms with van der Waals surface area (Å²) in [5.74, 6) is 0. The molecule has 2 nitrogen and oxygen atoms in total. The number of rotatable bonds is 1. The summed E-state index contributed by atoms with van der Waals surface area (Å²) >= 11 is 0. The first-order chi connectivity index (χ1) is 4.83. The minimum absolute atomic E-state index is 0.924. The number of aromatic nitrogens is 2. The van der Waals surface area contributed by atoms with E-state index in [0.717, 1.165) is 5.69 Å². The molecular formula is C8H14N2. The quantitative estimate of drug-likeness (QED) is 0.581. The van der Waals surface area contributed by atoms with Gasteiger partial charge in [0.1, 0.15) is 0 Å². The molecule has 1 aromatic heterocycles. The summed E-state index contributed by atoms with van der Waals surface area (Å²) in [7, 11) is 1.88. The van der Waals surface area contributed by atoms with E-state index in [0.29, 0.717) is 0 Å². The molecule has 0 spiro atoms. The van der Waals surface area contributed by atoms with Gasteiger partial charge in [0.2, 0.25) is 0 Å². The van der Waals surface area contributed by atoms with E-state index in [4.69, 9.17) is 0 Å². The van der Waals surface area contributed by atoms with Crippen molar-refractivity contribution in [3.05, 3.63) is 24.5 Å². The minimum Gasteiger partial charge on any atom is -0.275 e. The van der Waals surface area contributed by atoms with Gasteiger partial charge in [-0.05, 0) is 12.1 Å². The van der Waals surface area contributed by atoms with E-state index in [1.807, 2.05) is 33.2 Å². The van der Waals surface area contributed by atoms with Gasteiger partial charge in [0.25, 0.3) is 0 Å². The van der Waals surface area contributed by atoms with Crippen molar-refractivity contribution in [2.75, 3.05) is 0 Å². The Labute approximate surface area is 62.2 Å². The molecule has 1 heterocycles. The van der Waals surface area contributed by atoms with Crippen LogP contribution >= 0.6 is 0 Å². The maximum atomic E-state index is 4.03. The third-order valence-corrected chi connectivity index (χ3v) is 0.943. The second kappa shape index (κ2) is 4.79. The predicted molar refractivity (Wildman–Crippen MR) is 44.6 cm³/mol. The molecule has 0 saturated heterocycles. The fourth-order valence-corrected chi connectivity index (χ4v) is 0.542. The van der Waals surface area contributed by atoms with E-state index in [-0.39, 0.29) is 0 Å². The van der Waals surface area contributed by atoms with Crippen LogP contribution in [0.3, 0.4) is 0 Å². The van der Waals surface area contributed by atoms with Crippen LogP contribution in [0.25, 0.3) is 6.08 Å². The van der Waals surface area contributed by atoms with E-state index >= 15 is 0 Å². The molecule has 0 radical (unpaired) electrons. The maximum absolute atomic E-state index is 4.03. The summed E-state index contributed by atoms with van der Waals surface area (Å²) in [6.07, 6.45) is 3.61.